The molecule has 2 aromatic heterocycles. The van der Waals surface area contributed by atoms with Crippen molar-refractivity contribution in [3.05, 3.63) is 66.9 Å². The highest BCUT2D eigenvalue weighted by molar-refractivity contribution is 7.92. The van der Waals surface area contributed by atoms with Gasteiger partial charge in [-0.3, -0.25) is 9.62 Å². The van der Waals surface area contributed by atoms with Crippen LogP contribution in [0, 0.1) is 0 Å². The zero-order valence-electron chi connectivity index (χ0n) is 22.0. The van der Waals surface area contributed by atoms with Crippen LogP contribution in [0.3, 0.4) is 0 Å². The fraction of sp³-hybridized carbons (Fsp3) is 0.296. The first-order valence-corrected chi connectivity index (χ1v) is 14.7. The lowest BCUT2D eigenvalue weighted by atomic mass is 10.1. The number of piperazine rings is 1. The average Bonchev–Trinajstić information content (AvgIpc) is 3.34. The molecule has 0 radical (unpaired) electrons. The molecule has 1 saturated heterocycles. The van der Waals surface area contributed by atoms with E-state index in [0.29, 0.717) is 18.2 Å². The van der Waals surface area contributed by atoms with Gasteiger partial charge < -0.3 is 20.1 Å². The summed E-state index contributed by atoms with van der Waals surface area (Å²) in [6.07, 6.45) is 2.85. The number of nitrogens with one attached hydrogen (secondary N) is 2. The number of aromatic nitrogens is 3. The Morgan fingerprint density at radius 2 is 1.80 bits per heavy atom. The molecule has 210 valence electrons. The van der Waals surface area contributed by atoms with Crippen LogP contribution in [-0.2, 0) is 19.6 Å². The number of carboxylic acid groups (broad SMARTS) is 1. The molecule has 0 spiro atoms. The summed E-state index contributed by atoms with van der Waals surface area (Å²) in [5, 5.41) is 16.6. The van der Waals surface area contributed by atoms with Gasteiger partial charge in [0.1, 0.15) is 6.61 Å². The Balaban J connectivity index is 1.22. The largest absolute Gasteiger partial charge is 0.480 e. The number of sulfonamides is 1. The van der Waals surface area contributed by atoms with Crippen LogP contribution in [-0.4, -0.2) is 91.2 Å². The number of hydrogen-bond donors (Lipinski definition) is 3. The van der Waals surface area contributed by atoms with Gasteiger partial charge in [-0.05, 0) is 48.5 Å². The van der Waals surface area contributed by atoms with Crippen molar-refractivity contribution < 1.29 is 23.1 Å². The van der Waals surface area contributed by atoms with Crippen molar-refractivity contribution in [2.45, 2.75) is 0 Å². The molecule has 4 aromatic rings. The predicted molar refractivity (Wildman–Crippen MR) is 154 cm³/mol. The van der Waals surface area contributed by atoms with Gasteiger partial charge in [0.05, 0.1) is 30.3 Å². The molecule has 0 unspecified atom stereocenters. The molecule has 40 heavy (non-hydrogen) atoms. The molecule has 3 heterocycles. The van der Waals surface area contributed by atoms with E-state index in [1.807, 2.05) is 30.3 Å². The first-order chi connectivity index (χ1) is 19.2. The molecule has 0 saturated carbocycles. The Labute approximate surface area is 232 Å². The predicted octanol–water partition coefficient (Wildman–Crippen LogP) is 2.73. The fourth-order valence-electron chi connectivity index (χ4n) is 4.60. The second kappa shape index (κ2) is 11.9. The highest BCUT2D eigenvalue weighted by atomic mass is 32.2. The third-order valence-corrected chi connectivity index (χ3v) is 7.10. The van der Waals surface area contributed by atoms with E-state index >= 15 is 0 Å². The molecule has 0 bridgehead atoms. The van der Waals surface area contributed by atoms with E-state index in [2.05, 4.69) is 42.1 Å². The van der Waals surface area contributed by atoms with E-state index in [1.165, 1.54) is 0 Å². The molecule has 1 aliphatic heterocycles. The van der Waals surface area contributed by atoms with E-state index in [9.17, 15) is 13.2 Å². The molecule has 13 heteroatoms. The highest BCUT2D eigenvalue weighted by Gasteiger charge is 2.17. The van der Waals surface area contributed by atoms with Crippen molar-refractivity contribution in [1.29, 1.82) is 0 Å². The molecule has 1 fully saturated rings. The van der Waals surface area contributed by atoms with Crippen LogP contribution in [0.5, 0.6) is 0 Å². The Morgan fingerprint density at radius 1 is 1.02 bits per heavy atom. The fourth-order valence-corrected chi connectivity index (χ4v) is 5.16. The number of anilines is 4. The second-order valence-electron chi connectivity index (χ2n) is 9.54. The highest BCUT2D eigenvalue weighted by Crippen LogP contribution is 2.26. The summed E-state index contributed by atoms with van der Waals surface area (Å²) in [6, 6.07) is 19.1. The smallest absolute Gasteiger partial charge is 0.329 e. The van der Waals surface area contributed by atoms with Crippen LogP contribution in [0.25, 0.3) is 16.8 Å². The van der Waals surface area contributed by atoms with Gasteiger partial charge in [0, 0.05) is 55.3 Å². The number of hydrogen-bond acceptors (Lipinski definition) is 9. The minimum atomic E-state index is -3.38. The van der Waals surface area contributed by atoms with Gasteiger partial charge in [0.25, 0.3) is 0 Å². The van der Waals surface area contributed by atoms with Gasteiger partial charge in [0.15, 0.2) is 0 Å². The lowest BCUT2D eigenvalue weighted by Crippen LogP contribution is -2.47. The maximum atomic E-state index is 11.6. The number of carboxylic acids is 1. The SMILES string of the molecule is CS(=O)(=O)Nc1cccc(-c2ccc3cnc(Nc4ccc(N5CCN(CCOCC(=O)O)CC5)cc4)nn23)c1. The van der Waals surface area contributed by atoms with E-state index in [4.69, 9.17) is 9.84 Å². The average molecular weight is 566 g/mol. The normalized spacial score (nSPS) is 14.4. The number of nitrogens with zero attached hydrogens (tertiary/aromatic N) is 5. The van der Waals surface area contributed by atoms with Gasteiger partial charge in [0.2, 0.25) is 16.0 Å². The lowest BCUT2D eigenvalue weighted by Gasteiger charge is -2.36. The van der Waals surface area contributed by atoms with Gasteiger partial charge in [-0.25, -0.2) is 22.7 Å². The standard InChI is InChI=1S/C27H31N7O5S/c1-40(37,38)31-22-4-2-3-20(17-22)25-10-9-24-18-28-27(30-34(24)25)29-21-5-7-23(8-6-21)33-13-11-32(12-14-33)15-16-39-19-26(35)36/h2-10,17-18,31H,11-16,19H2,1H3,(H,29,30)(H,35,36). The van der Waals surface area contributed by atoms with Crippen molar-refractivity contribution >= 4 is 44.5 Å². The molecule has 5 rings (SSSR count). The Kier molecular flexibility index (Phi) is 8.14. The summed E-state index contributed by atoms with van der Waals surface area (Å²) in [6.45, 7) is 4.40. The summed E-state index contributed by atoms with van der Waals surface area (Å²) < 4.78 is 32.7. The first-order valence-electron chi connectivity index (χ1n) is 12.8. The number of benzene rings is 2. The van der Waals surface area contributed by atoms with Crippen LogP contribution < -0.4 is 14.9 Å². The summed E-state index contributed by atoms with van der Waals surface area (Å²) in [5.41, 5.74) is 4.89. The van der Waals surface area contributed by atoms with E-state index in [1.54, 1.807) is 28.9 Å². The van der Waals surface area contributed by atoms with E-state index in [-0.39, 0.29) is 6.61 Å². The first kappa shape index (κ1) is 27.4. The molecule has 3 N–H and O–H groups in total. The minimum absolute atomic E-state index is 0.259. The van der Waals surface area contributed by atoms with Crippen molar-refractivity contribution in [2.75, 3.05) is 67.1 Å². The Hall–Kier alpha value is -4.20. The number of aliphatic carboxylic acids is 1. The molecule has 0 atom stereocenters. The summed E-state index contributed by atoms with van der Waals surface area (Å²) >= 11 is 0. The van der Waals surface area contributed by atoms with Gasteiger partial charge in [-0.2, -0.15) is 0 Å². The van der Waals surface area contributed by atoms with Gasteiger partial charge in [-0.15, -0.1) is 5.10 Å². The van der Waals surface area contributed by atoms with Gasteiger partial charge >= 0.3 is 5.97 Å². The number of carbonyl (C=O) groups is 1. The van der Waals surface area contributed by atoms with Crippen molar-refractivity contribution in [3.8, 4) is 11.3 Å². The number of rotatable bonds is 11. The van der Waals surface area contributed by atoms with Crippen molar-refractivity contribution in [2.24, 2.45) is 0 Å². The van der Waals surface area contributed by atoms with Crippen LogP contribution in [0.15, 0.2) is 66.9 Å². The Bertz CT molecular complexity index is 1580. The third-order valence-electron chi connectivity index (χ3n) is 6.50. The van der Waals surface area contributed by atoms with Crippen LogP contribution in [0.2, 0.25) is 0 Å². The zero-order chi connectivity index (χ0) is 28.1. The van der Waals surface area contributed by atoms with E-state index in [0.717, 1.165) is 67.1 Å². The minimum Gasteiger partial charge on any atom is -0.480 e. The number of ether oxygens (including phenoxy) is 1. The molecule has 0 aliphatic carbocycles. The van der Waals surface area contributed by atoms with Crippen molar-refractivity contribution in [1.82, 2.24) is 19.5 Å². The zero-order valence-corrected chi connectivity index (χ0v) is 22.8. The third kappa shape index (κ3) is 7.05. The molecule has 2 aromatic carbocycles. The summed E-state index contributed by atoms with van der Waals surface area (Å²) in [7, 11) is -3.38. The topological polar surface area (TPSA) is 141 Å². The summed E-state index contributed by atoms with van der Waals surface area (Å²) in [4.78, 5) is 19.6. The maximum Gasteiger partial charge on any atom is 0.329 e. The molecule has 12 nitrogen and oxygen atoms in total. The van der Waals surface area contributed by atoms with Gasteiger partial charge in [-0.1, -0.05) is 12.1 Å². The Morgan fingerprint density at radius 3 is 2.52 bits per heavy atom. The van der Waals surface area contributed by atoms with Crippen LogP contribution >= 0.6 is 0 Å². The molecule has 0 amide bonds. The quantitative estimate of drug-likeness (QED) is 0.233. The number of fused-ring (bicyclic) bond motifs is 1. The second-order valence-corrected chi connectivity index (χ2v) is 11.3. The van der Waals surface area contributed by atoms with Crippen LogP contribution in [0.4, 0.5) is 23.0 Å². The van der Waals surface area contributed by atoms with Crippen molar-refractivity contribution in [3.63, 3.8) is 0 Å². The molecular formula is C27H31N7O5S. The van der Waals surface area contributed by atoms with E-state index < -0.39 is 16.0 Å². The molecular weight excluding hydrogens is 534 g/mol. The lowest BCUT2D eigenvalue weighted by molar-refractivity contribution is -0.142. The molecule has 1 aliphatic rings. The summed E-state index contributed by atoms with van der Waals surface area (Å²) in [5.74, 6) is -0.516. The maximum absolute atomic E-state index is 11.6. The van der Waals surface area contributed by atoms with Crippen LogP contribution in [0.1, 0.15) is 0 Å². The monoisotopic (exact) mass is 565 g/mol.